The maximum Gasteiger partial charge on any atom is 0.326 e. The van der Waals surface area contributed by atoms with Crippen LogP contribution in [0, 0.1) is 0 Å². The first-order valence-corrected chi connectivity index (χ1v) is 13.0. The molecule has 0 radical (unpaired) electrons. The minimum atomic E-state index is -1.11. The number of likely N-dealkylation sites (tertiary alicyclic amines) is 1. The van der Waals surface area contributed by atoms with Crippen LogP contribution in [0.1, 0.15) is 43.4 Å². The number of carbonyl (C=O) groups excluding carboxylic acids is 3. The number of carbonyl (C=O) groups is 4. The van der Waals surface area contributed by atoms with Crippen LogP contribution >= 0.6 is 0 Å². The highest BCUT2D eigenvalue weighted by atomic mass is 16.4. The van der Waals surface area contributed by atoms with Gasteiger partial charge in [0.05, 0.1) is 12.4 Å². The molecule has 1 aromatic heterocycles. The first-order valence-electron chi connectivity index (χ1n) is 13.0. The van der Waals surface area contributed by atoms with Crippen LogP contribution in [0.3, 0.4) is 0 Å². The van der Waals surface area contributed by atoms with Gasteiger partial charge >= 0.3 is 5.97 Å². The Labute approximate surface area is 226 Å². The summed E-state index contributed by atoms with van der Waals surface area (Å²) in [6.45, 7) is 0.735. The fraction of sp³-hybridized carbons (Fsp3) is 0.500. The zero-order valence-electron chi connectivity index (χ0n) is 21.7. The van der Waals surface area contributed by atoms with E-state index >= 15 is 0 Å². The molecular weight excluding hydrogens is 506 g/mol. The van der Waals surface area contributed by atoms with E-state index in [1.54, 1.807) is 12.1 Å². The van der Waals surface area contributed by atoms with Crippen LogP contribution in [0.25, 0.3) is 0 Å². The SMILES string of the molecule is NCCCCC(N)C(=O)NC(Cc1cnc[nH]1)C(=O)NC(Cc1ccc(O)cc1)C(=O)N1CCCC1C(=O)O. The normalized spacial score (nSPS) is 17.3. The Hall–Kier alpha value is -3.97. The second-order valence-electron chi connectivity index (χ2n) is 9.69. The second kappa shape index (κ2) is 14.3. The monoisotopic (exact) mass is 543 g/mol. The molecule has 0 spiro atoms. The van der Waals surface area contributed by atoms with Gasteiger partial charge in [0.2, 0.25) is 17.7 Å². The van der Waals surface area contributed by atoms with E-state index in [1.807, 2.05) is 0 Å². The van der Waals surface area contributed by atoms with E-state index in [9.17, 15) is 29.4 Å². The van der Waals surface area contributed by atoms with Crippen LogP contribution < -0.4 is 22.1 Å². The van der Waals surface area contributed by atoms with Gasteiger partial charge in [-0.25, -0.2) is 9.78 Å². The molecule has 13 nitrogen and oxygen atoms in total. The largest absolute Gasteiger partial charge is 0.508 e. The van der Waals surface area contributed by atoms with E-state index in [0.717, 1.165) is 0 Å². The number of hydrogen-bond acceptors (Lipinski definition) is 8. The number of aromatic amines is 1. The molecule has 0 aliphatic carbocycles. The van der Waals surface area contributed by atoms with E-state index in [4.69, 9.17) is 11.5 Å². The van der Waals surface area contributed by atoms with Crippen molar-refractivity contribution in [1.82, 2.24) is 25.5 Å². The molecule has 1 aliphatic rings. The van der Waals surface area contributed by atoms with Crippen LogP contribution in [-0.2, 0) is 32.0 Å². The van der Waals surface area contributed by atoms with Gasteiger partial charge in [-0.15, -0.1) is 0 Å². The average Bonchev–Trinajstić information content (AvgIpc) is 3.61. The zero-order chi connectivity index (χ0) is 28.4. The summed E-state index contributed by atoms with van der Waals surface area (Å²) in [7, 11) is 0. The molecule has 1 saturated heterocycles. The van der Waals surface area contributed by atoms with Crippen molar-refractivity contribution in [3.8, 4) is 5.75 Å². The zero-order valence-corrected chi connectivity index (χ0v) is 21.7. The fourth-order valence-corrected chi connectivity index (χ4v) is 4.57. The number of nitrogens with two attached hydrogens (primary N) is 2. The number of nitrogens with one attached hydrogen (secondary N) is 3. The number of nitrogens with zero attached hydrogens (tertiary/aromatic N) is 2. The number of amides is 3. The number of carboxylic acid groups (broad SMARTS) is 1. The van der Waals surface area contributed by atoms with Crippen molar-refractivity contribution in [2.24, 2.45) is 11.5 Å². The Kier molecular flexibility index (Phi) is 10.8. The van der Waals surface area contributed by atoms with Crippen molar-refractivity contribution in [1.29, 1.82) is 0 Å². The van der Waals surface area contributed by atoms with Gasteiger partial charge in [-0.05, 0) is 49.9 Å². The summed E-state index contributed by atoms with van der Waals surface area (Å²) < 4.78 is 0. The van der Waals surface area contributed by atoms with Gasteiger partial charge in [0.25, 0.3) is 0 Å². The molecule has 1 fully saturated rings. The molecule has 4 unspecified atom stereocenters. The van der Waals surface area contributed by atoms with Crippen LogP contribution in [0.5, 0.6) is 5.75 Å². The number of benzene rings is 1. The van der Waals surface area contributed by atoms with Crippen molar-refractivity contribution in [2.75, 3.05) is 13.1 Å². The topological polar surface area (TPSA) is 217 Å². The molecule has 9 N–H and O–H groups in total. The summed E-state index contributed by atoms with van der Waals surface area (Å²) in [5, 5.41) is 24.6. The van der Waals surface area contributed by atoms with Gasteiger partial charge in [-0.1, -0.05) is 18.6 Å². The second-order valence-corrected chi connectivity index (χ2v) is 9.69. The quantitative estimate of drug-likeness (QED) is 0.151. The van der Waals surface area contributed by atoms with Gasteiger partial charge in [0.1, 0.15) is 23.9 Å². The molecule has 13 heteroatoms. The third-order valence-corrected chi connectivity index (χ3v) is 6.73. The van der Waals surface area contributed by atoms with Crippen molar-refractivity contribution in [2.45, 2.75) is 69.1 Å². The van der Waals surface area contributed by atoms with Crippen LogP contribution in [0.4, 0.5) is 0 Å². The molecule has 2 heterocycles. The van der Waals surface area contributed by atoms with E-state index in [2.05, 4.69) is 20.6 Å². The maximum absolute atomic E-state index is 13.5. The maximum atomic E-state index is 13.5. The van der Waals surface area contributed by atoms with Crippen LogP contribution in [0.15, 0.2) is 36.8 Å². The first kappa shape index (κ1) is 29.6. The minimum Gasteiger partial charge on any atom is -0.508 e. The highest BCUT2D eigenvalue weighted by Gasteiger charge is 2.38. The van der Waals surface area contributed by atoms with E-state index < -0.39 is 47.9 Å². The number of phenolic OH excluding ortho intramolecular Hbond substituents is 1. The van der Waals surface area contributed by atoms with Crippen molar-refractivity contribution >= 4 is 23.7 Å². The molecule has 3 amide bonds. The molecule has 3 rings (SSSR count). The number of rotatable bonds is 14. The number of carboxylic acids is 1. The van der Waals surface area contributed by atoms with Crippen LogP contribution in [0.2, 0.25) is 0 Å². The predicted molar refractivity (Wildman–Crippen MR) is 141 cm³/mol. The van der Waals surface area contributed by atoms with E-state index in [-0.39, 0.29) is 25.1 Å². The summed E-state index contributed by atoms with van der Waals surface area (Å²) >= 11 is 0. The van der Waals surface area contributed by atoms with Crippen LogP contribution in [-0.4, -0.2) is 86.0 Å². The van der Waals surface area contributed by atoms with Crippen molar-refractivity contribution < 1.29 is 29.4 Å². The lowest BCUT2D eigenvalue weighted by atomic mass is 10.0. The number of imidazole rings is 1. The molecule has 212 valence electrons. The number of phenols is 1. The number of aliphatic carboxylic acids is 1. The lowest BCUT2D eigenvalue weighted by Crippen LogP contribution is -2.58. The summed E-state index contributed by atoms with van der Waals surface area (Å²) in [6, 6.07) is 2.13. The Balaban J connectivity index is 1.81. The van der Waals surface area contributed by atoms with E-state index in [0.29, 0.717) is 49.9 Å². The van der Waals surface area contributed by atoms with Gasteiger partial charge in [0, 0.05) is 31.3 Å². The fourth-order valence-electron chi connectivity index (χ4n) is 4.57. The van der Waals surface area contributed by atoms with Crippen molar-refractivity contribution in [3.63, 3.8) is 0 Å². The molecule has 4 atom stereocenters. The Morgan fingerprint density at radius 2 is 1.79 bits per heavy atom. The molecular formula is C26H37N7O6. The van der Waals surface area contributed by atoms with Crippen molar-refractivity contribution in [3.05, 3.63) is 48.0 Å². The predicted octanol–water partition coefficient (Wildman–Crippen LogP) is -0.598. The van der Waals surface area contributed by atoms with Gasteiger partial charge < -0.3 is 42.2 Å². The number of unbranched alkanes of at least 4 members (excludes halogenated alkanes) is 1. The first-order chi connectivity index (χ1) is 18.7. The number of aromatic hydroxyl groups is 1. The third kappa shape index (κ3) is 8.52. The summed E-state index contributed by atoms with van der Waals surface area (Å²) in [5.74, 6) is -2.75. The smallest absolute Gasteiger partial charge is 0.326 e. The molecule has 1 aromatic carbocycles. The van der Waals surface area contributed by atoms with Gasteiger partial charge in [0.15, 0.2) is 0 Å². The number of hydrogen-bond donors (Lipinski definition) is 7. The molecule has 39 heavy (non-hydrogen) atoms. The van der Waals surface area contributed by atoms with E-state index in [1.165, 1.54) is 29.6 Å². The lowest BCUT2D eigenvalue weighted by Gasteiger charge is -2.29. The third-order valence-electron chi connectivity index (χ3n) is 6.73. The molecule has 2 aromatic rings. The Bertz CT molecular complexity index is 1110. The average molecular weight is 544 g/mol. The molecule has 0 saturated carbocycles. The number of H-pyrrole nitrogens is 1. The summed E-state index contributed by atoms with van der Waals surface area (Å²) in [4.78, 5) is 59.8. The molecule has 0 bridgehead atoms. The van der Waals surface area contributed by atoms with Gasteiger partial charge in [-0.2, -0.15) is 0 Å². The Morgan fingerprint density at radius 1 is 1.08 bits per heavy atom. The molecule has 1 aliphatic heterocycles. The lowest BCUT2D eigenvalue weighted by molar-refractivity contribution is -0.149. The highest BCUT2D eigenvalue weighted by molar-refractivity contribution is 5.94. The summed E-state index contributed by atoms with van der Waals surface area (Å²) in [5.41, 5.74) is 12.8. The Morgan fingerprint density at radius 3 is 2.44 bits per heavy atom. The standard InChI is InChI=1S/C26H37N7O6/c27-10-2-1-4-19(28)23(35)31-20(13-17-14-29-15-30-17)24(36)32-21(12-16-6-8-18(34)9-7-16)25(37)33-11-3-5-22(33)26(38)39/h6-9,14-15,19-22,34H,1-5,10-13,27-28H2,(H,29,30)(H,31,35)(H,32,36)(H,38,39). The summed E-state index contributed by atoms with van der Waals surface area (Å²) in [6.07, 6.45) is 5.71. The number of aromatic nitrogens is 2. The highest BCUT2D eigenvalue weighted by Crippen LogP contribution is 2.20. The van der Waals surface area contributed by atoms with Gasteiger partial charge in [-0.3, -0.25) is 14.4 Å². The minimum absolute atomic E-state index is 0.0429.